The number of hydrogen-bond donors (Lipinski definition) is 2. The average Bonchev–Trinajstić information content (AvgIpc) is 2.36. The van der Waals surface area contributed by atoms with Crippen molar-refractivity contribution in [2.75, 3.05) is 44.2 Å². The zero-order valence-electron chi connectivity index (χ0n) is 11.6. The molecule has 0 atom stereocenters. The van der Waals surface area contributed by atoms with E-state index in [-0.39, 0.29) is 18.6 Å². The number of carboxylic acids is 1. The molecular weight excluding hydrogens is 266 g/mol. The van der Waals surface area contributed by atoms with Gasteiger partial charge in [-0.15, -0.1) is 0 Å². The number of carboxylic acid groups (broad SMARTS) is 1. The third-order valence-electron chi connectivity index (χ3n) is 3.00. The van der Waals surface area contributed by atoms with Crippen LogP contribution in [0, 0.1) is 0 Å². The van der Waals surface area contributed by atoms with Crippen LogP contribution in [0.1, 0.15) is 13.8 Å². The van der Waals surface area contributed by atoms with Crippen molar-refractivity contribution in [3.8, 4) is 0 Å². The minimum absolute atomic E-state index is 0.123. The summed E-state index contributed by atoms with van der Waals surface area (Å²) in [6.45, 7) is 6.86. The molecule has 1 saturated heterocycles. The third-order valence-corrected chi connectivity index (χ3v) is 3.94. The molecule has 0 bridgehead atoms. The molecule has 0 aromatic rings. The van der Waals surface area contributed by atoms with Crippen molar-refractivity contribution in [2.45, 2.75) is 19.9 Å². The molecule has 1 heterocycles. The Balaban J connectivity index is 2.29. The van der Waals surface area contributed by atoms with Gasteiger partial charge in [0, 0.05) is 43.7 Å². The quantitative estimate of drug-likeness (QED) is 0.746. The maximum absolute atomic E-state index is 11.9. The highest BCUT2D eigenvalue weighted by atomic mass is 32.2. The van der Waals surface area contributed by atoms with Gasteiger partial charge in [-0.05, 0) is 13.8 Å². The van der Waals surface area contributed by atoms with E-state index in [0.29, 0.717) is 6.54 Å². The number of carbonyl (C=O) groups excluding carboxylic acids is 1. The van der Waals surface area contributed by atoms with Crippen LogP contribution in [0.15, 0.2) is 0 Å². The van der Waals surface area contributed by atoms with Crippen LogP contribution in [0.4, 0.5) is 4.79 Å². The van der Waals surface area contributed by atoms with Gasteiger partial charge in [0.05, 0.1) is 0 Å². The van der Waals surface area contributed by atoms with Gasteiger partial charge in [-0.2, -0.15) is 11.8 Å². The van der Waals surface area contributed by atoms with E-state index in [4.69, 9.17) is 5.11 Å². The molecule has 6 nitrogen and oxygen atoms in total. The Hall–Kier alpha value is -0.950. The second-order valence-electron chi connectivity index (χ2n) is 4.80. The number of rotatable bonds is 6. The van der Waals surface area contributed by atoms with E-state index in [1.165, 1.54) is 4.90 Å². The molecule has 1 rings (SSSR count). The minimum Gasteiger partial charge on any atom is -0.480 e. The largest absolute Gasteiger partial charge is 0.480 e. The molecule has 2 N–H and O–H groups in total. The van der Waals surface area contributed by atoms with Crippen LogP contribution in [0.25, 0.3) is 0 Å². The van der Waals surface area contributed by atoms with E-state index in [9.17, 15) is 9.59 Å². The van der Waals surface area contributed by atoms with Crippen LogP contribution in [0.3, 0.4) is 0 Å². The molecule has 1 aliphatic rings. The van der Waals surface area contributed by atoms with Crippen molar-refractivity contribution >= 4 is 23.8 Å². The Labute approximate surface area is 118 Å². The molecule has 0 radical (unpaired) electrons. The number of urea groups is 1. The van der Waals surface area contributed by atoms with Crippen LogP contribution < -0.4 is 5.32 Å². The summed E-state index contributed by atoms with van der Waals surface area (Å²) in [6.07, 6.45) is 0. The van der Waals surface area contributed by atoms with Crippen LogP contribution in [0.2, 0.25) is 0 Å². The van der Waals surface area contributed by atoms with Crippen LogP contribution >= 0.6 is 11.8 Å². The third kappa shape index (κ3) is 6.15. The maximum Gasteiger partial charge on any atom is 0.323 e. The van der Waals surface area contributed by atoms with Crippen LogP contribution in [-0.4, -0.2) is 77.2 Å². The SMILES string of the molecule is CC(C)N(CC(=O)O)C(=O)NCCN1CCSCC1. The van der Waals surface area contributed by atoms with Crippen molar-refractivity contribution in [3.05, 3.63) is 0 Å². The maximum atomic E-state index is 11.9. The fraction of sp³-hybridized carbons (Fsp3) is 0.833. The highest BCUT2D eigenvalue weighted by Crippen LogP contribution is 2.08. The van der Waals surface area contributed by atoms with Gasteiger partial charge in [0.25, 0.3) is 0 Å². The Morgan fingerprint density at radius 1 is 1.37 bits per heavy atom. The molecular formula is C12H23N3O3S. The van der Waals surface area contributed by atoms with Crippen molar-refractivity contribution in [1.82, 2.24) is 15.1 Å². The summed E-state index contributed by atoms with van der Waals surface area (Å²) in [7, 11) is 0. The monoisotopic (exact) mass is 289 g/mol. The number of hydrogen-bond acceptors (Lipinski definition) is 4. The number of amides is 2. The first kappa shape index (κ1) is 16.1. The molecule has 1 aliphatic heterocycles. The molecule has 0 saturated carbocycles. The fourth-order valence-corrected chi connectivity index (χ4v) is 2.86. The van der Waals surface area contributed by atoms with Crippen molar-refractivity contribution in [3.63, 3.8) is 0 Å². The first-order valence-corrected chi connectivity index (χ1v) is 7.72. The summed E-state index contributed by atoms with van der Waals surface area (Å²) in [5.41, 5.74) is 0. The van der Waals surface area contributed by atoms with E-state index in [1.807, 2.05) is 25.6 Å². The van der Waals surface area contributed by atoms with E-state index in [2.05, 4.69) is 10.2 Å². The van der Waals surface area contributed by atoms with Gasteiger partial charge in [-0.3, -0.25) is 9.69 Å². The highest BCUT2D eigenvalue weighted by molar-refractivity contribution is 7.99. The van der Waals surface area contributed by atoms with E-state index in [0.717, 1.165) is 31.1 Å². The van der Waals surface area contributed by atoms with Gasteiger partial charge in [-0.1, -0.05) is 0 Å². The lowest BCUT2D eigenvalue weighted by Gasteiger charge is -2.28. The standard InChI is InChI=1S/C12H23N3O3S/c1-10(2)15(9-11(16)17)12(18)13-3-4-14-5-7-19-8-6-14/h10H,3-9H2,1-2H3,(H,13,18)(H,16,17). The summed E-state index contributed by atoms with van der Waals surface area (Å²) in [5.74, 6) is 1.30. The normalized spacial score (nSPS) is 16.4. The van der Waals surface area contributed by atoms with Crippen LogP contribution in [-0.2, 0) is 4.79 Å². The van der Waals surface area contributed by atoms with E-state index in [1.54, 1.807) is 0 Å². The Morgan fingerprint density at radius 2 is 2.00 bits per heavy atom. The smallest absolute Gasteiger partial charge is 0.323 e. The highest BCUT2D eigenvalue weighted by Gasteiger charge is 2.19. The molecule has 0 spiro atoms. The van der Waals surface area contributed by atoms with Gasteiger partial charge >= 0.3 is 12.0 Å². The molecule has 0 unspecified atom stereocenters. The number of aliphatic carboxylic acids is 1. The van der Waals surface area contributed by atoms with Crippen LogP contribution in [0.5, 0.6) is 0 Å². The van der Waals surface area contributed by atoms with Gasteiger partial charge in [0.15, 0.2) is 0 Å². The predicted octanol–water partition coefficient (Wildman–Crippen LogP) is 0.540. The van der Waals surface area contributed by atoms with Gasteiger partial charge in [0.1, 0.15) is 6.54 Å². The van der Waals surface area contributed by atoms with E-state index < -0.39 is 5.97 Å². The second kappa shape index (κ2) is 8.27. The topological polar surface area (TPSA) is 72.9 Å². The number of thioether (sulfide) groups is 1. The molecule has 19 heavy (non-hydrogen) atoms. The molecule has 1 fully saturated rings. The van der Waals surface area contributed by atoms with Gasteiger partial charge in [-0.25, -0.2) is 4.79 Å². The summed E-state index contributed by atoms with van der Waals surface area (Å²) in [5, 5.41) is 11.6. The lowest BCUT2D eigenvalue weighted by atomic mass is 10.3. The minimum atomic E-state index is -0.989. The first-order valence-electron chi connectivity index (χ1n) is 6.57. The Bertz CT molecular complexity index is 307. The average molecular weight is 289 g/mol. The number of nitrogens with zero attached hydrogens (tertiary/aromatic N) is 2. The van der Waals surface area contributed by atoms with Crippen molar-refractivity contribution < 1.29 is 14.7 Å². The summed E-state index contributed by atoms with van der Waals surface area (Å²) in [6, 6.07) is -0.425. The lowest BCUT2D eigenvalue weighted by molar-refractivity contribution is -0.138. The second-order valence-corrected chi connectivity index (χ2v) is 6.03. The molecule has 7 heteroatoms. The molecule has 2 amide bonds. The predicted molar refractivity (Wildman–Crippen MR) is 76.6 cm³/mol. The summed E-state index contributed by atoms with van der Waals surface area (Å²) >= 11 is 1.95. The Morgan fingerprint density at radius 3 is 2.53 bits per heavy atom. The fourth-order valence-electron chi connectivity index (χ4n) is 1.88. The zero-order chi connectivity index (χ0) is 14.3. The van der Waals surface area contributed by atoms with Gasteiger partial charge < -0.3 is 15.3 Å². The number of carbonyl (C=O) groups is 2. The molecule has 0 aromatic carbocycles. The summed E-state index contributed by atoms with van der Waals surface area (Å²) < 4.78 is 0. The lowest BCUT2D eigenvalue weighted by Crippen LogP contribution is -2.48. The Kier molecular flexibility index (Phi) is 7.01. The van der Waals surface area contributed by atoms with Crippen molar-refractivity contribution in [1.29, 1.82) is 0 Å². The molecule has 110 valence electrons. The molecule has 0 aliphatic carbocycles. The zero-order valence-corrected chi connectivity index (χ0v) is 12.4. The van der Waals surface area contributed by atoms with E-state index >= 15 is 0 Å². The number of nitrogens with one attached hydrogen (secondary N) is 1. The van der Waals surface area contributed by atoms with Crippen molar-refractivity contribution in [2.24, 2.45) is 0 Å². The first-order chi connectivity index (χ1) is 9.00. The van der Waals surface area contributed by atoms with Gasteiger partial charge in [0.2, 0.25) is 0 Å². The molecule has 0 aromatic heterocycles. The summed E-state index contributed by atoms with van der Waals surface area (Å²) in [4.78, 5) is 26.2.